The van der Waals surface area contributed by atoms with Gasteiger partial charge in [0.15, 0.2) is 11.5 Å². The van der Waals surface area contributed by atoms with Crippen molar-refractivity contribution in [3.05, 3.63) is 60.2 Å². The number of nitrogens with zero attached hydrogens (tertiary/aromatic N) is 1. The normalized spacial score (nSPS) is 12.6. The van der Waals surface area contributed by atoms with Crippen molar-refractivity contribution in [2.24, 2.45) is 5.16 Å². The van der Waals surface area contributed by atoms with Gasteiger partial charge in [-0.2, -0.15) is 0 Å². The van der Waals surface area contributed by atoms with Gasteiger partial charge in [0, 0.05) is 10.9 Å². The number of rotatable bonds is 7. The van der Waals surface area contributed by atoms with Gasteiger partial charge in [0.2, 0.25) is 0 Å². The third kappa shape index (κ3) is 3.80. The summed E-state index contributed by atoms with van der Waals surface area (Å²) >= 11 is 0. The first-order chi connectivity index (χ1) is 13.6. The Kier molecular flexibility index (Phi) is 6.16. The molecule has 0 saturated carbocycles. The van der Waals surface area contributed by atoms with Crippen molar-refractivity contribution < 1.29 is 23.6 Å². The molecule has 0 aliphatic rings. The van der Waals surface area contributed by atoms with E-state index in [0.717, 1.165) is 10.8 Å². The molecule has 6 nitrogen and oxygen atoms in total. The smallest absolute Gasteiger partial charge is 0.161 e. The van der Waals surface area contributed by atoms with Gasteiger partial charge < -0.3 is 19.4 Å². The van der Waals surface area contributed by atoms with Gasteiger partial charge in [0.25, 0.3) is 0 Å². The largest absolute Gasteiger partial charge is 0.495 e. The van der Waals surface area contributed by atoms with E-state index in [2.05, 4.69) is 5.16 Å². The van der Waals surface area contributed by atoms with Crippen LogP contribution >= 0.6 is 0 Å². The van der Waals surface area contributed by atoms with Crippen LogP contribution in [0.5, 0.6) is 17.2 Å². The van der Waals surface area contributed by atoms with Gasteiger partial charge in [-0.25, -0.2) is 0 Å². The zero-order valence-electron chi connectivity index (χ0n) is 15.8. The summed E-state index contributed by atoms with van der Waals surface area (Å²) in [6.07, 6.45) is 0. The highest BCUT2D eigenvalue weighted by molar-refractivity contribution is 7.86. The molecule has 1 atom stereocenters. The maximum absolute atomic E-state index is 13.2. The predicted octanol–water partition coefficient (Wildman–Crippen LogP) is 3.85. The second kappa shape index (κ2) is 8.75. The maximum Gasteiger partial charge on any atom is 0.161 e. The Labute approximate surface area is 165 Å². The highest BCUT2D eigenvalue weighted by Crippen LogP contribution is 2.32. The average molecular weight is 399 g/mol. The zero-order valence-corrected chi connectivity index (χ0v) is 16.7. The Balaban J connectivity index is 1.99. The van der Waals surface area contributed by atoms with E-state index >= 15 is 0 Å². The van der Waals surface area contributed by atoms with E-state index in [1.807, 2.05) is 30.3 Å². The summed E-state index contributed by atoms with van der Waals surface area (Å²) in [5.74, 6) is 1.59. The summed E-state index contributed by atoms with van der Waals surface area (Å²) in [4.78, 5) is 0.572. The van der Waals surface area contributed by atoms with Crippen molar-refractivity contribution in [3.63, 3.8) is 0 Å². The van der Waals surface area contributed by atoms with Crippen molar-refractivity contribution in [3.8, 4) is 17.2 Å². The predicted molar refractivity (Wildman–Crippen MR) is 110 cm³/mol. The maximum atomic E-state index is 13.2. The molecule has 7 heteroatoms. The van der Waals surface area contributed by atoms with Crippen LogP contribution in [-0.2, 0) is 10.8 Å². The van der Waals surface area contributed by atoms with Crippen molar-refractivity contribution in [1.29, 1.82) is 0 Å². The molecule has 0 saturated heterocycles. The van der Waals surface area contributed by atoms with Crippen LogP contribution in [-0.4, -0.2) is 42.2 Å². The average Bonchev–Trinajstić information content (AvgIpc) is 2.75. The second-order valence-electron chi connectivity index (χ2n) is 5.92. The summed E-state index contributed by atoms with van der Waals surface area (Å²) in [5.41, 5.74) is 0.863. The molecule has 0 heterocycles. The van der Waals surface area contributed by atoms with Crippen LogP contribution in [0, 0.1) is 0 Å². The highest BCUT2D eigenvalue weighted by atomic mass is 32.2. The van der Waals surface area contributed by atoms with Crippen LogP contribution in [0.25, 0.3) is 10.8 Å². The lowest BCUT2D eigenvalue weighted by Gasteiger charge is -2.13. The Morgan fingerprint density at radius 1 is 0.929 bits per heavy atom. The first-order valence-corrected chi connectivity index (χ1v) is 9.82. The van der Waals surface area contributed by atoms with Crippen molar-refractivity contribution in [2.45, 2.75) is 4.90 Å². The topological polar surface area (TPSA) is 77.4 Å². The number of hydrogen-bond donors (Lipinski definition) is 1. The molecule has 0 fully saturated rings. The molecular formula is C21H21NO5S. The molecule has 0 amide bonds. The van der Waals surface area contributed by atoms with E-state index in [-0.39, 0.29) is 11.5 Å². The van der Waals surface area contributed by atoms with E-state index in [4.69, 9.17) is 14.2 Å². The van der Waals surface area contributed by atoms with Crippen LogP contribution in [0.3, 0.4) is 0 Å². The molecule has 0 aromatic heterocycles. The van der Waals surface area contributed by atoms with Crippen LogP contribution in [0.4, 0.5) is 0 Å². The first kappa shape index (κ1) is 19.7. The van der Waals surface area contributed by atoms with E-state index in [9.17, 15) is 9.42 Å². The molecule has 0 aliphatic carbocycles. The molecule has 3 aromatic rings. The second-order valence-corrected chi connectivity index (χ2v) is 7.31. The minimum atomic E-state index is -1.50. The fourth-order valence-electron chi connectivity index (χ4n) is 3.00. The lowest BCUT2D eigenvalue weighted by atomic mass is 10.1. The molecule has 0 aliphatic heterocycles. The molecule has 28 heavy (non-hydrogen) atoms. The molecule has 1 N–H and O–H groups in total. The van der Waals surface area contributed by atoms with Crippen LogP contribution < -0.4 is 14.2 Å². The Morgan fingerprint density at radius 2 is 1.61 bits per heavy atom. The molecule has 3 rings (SSSR count). The minimum Gasteiger partial charge on any atom is -0.495 e. The van der Waals surface area contributed by atoms with Crippen molar-refractivity contribution in [1.82, 2.24) is 0 Å². The summed E-state index contributed by atoms with van der Waals surface area (Å²) < 4.78 is 29.2. The molecule has 0 spiro atoms. The number of fused-ring (bicyclic) bond motifs is 1. The molecular weight excluding hydrogens is 378 g/mol. The number of oxime groups is 1. The number of benzene rings is 3. The van der Waals surface area contributed by atoms with Crippen molar-refractivity contribution >= 4 is 27.3 Å². The highest BCUT2D eigenvalue weighted by Gasteiger charge is 2.19. The van der Waals surface area contributed by atoms with Crippen LogP contribution in [0.1, 0.15) is 5.56 Å². The lowest BCUT2D eigenvalue weighted by Crippen LogP contribution is -2.14. The van der Waals surface area contributed by atoms with Gasteiger partial charge >= 0.3 is 0 Å². The van der Waals surface area contributed by atoms with Gasteiger partial charge in [-0.15, -0.1) is 0 Å². The van der Waals surface area contributed by atoms with E-state index in [0.29, 0.717) is 27.7 Å². The van der Waals surface area contributed by atoms with Crippen molar-refractivity contribution in [2.75, 3.05) is 27.1 Å². The Bertz CT molecular complexity index is 1050. The third-order valence-electron chi connectivity index (χ3n) is 4.40. The Hall–Kier alpha value is -3.06. The zero-order chi connectivity index (χ0) is 20.1. The summed E-state index contributed by atoms with van der Waals surface area (Å²) in [7, 11) is 3.10. The number of methoxy groups -OCH3 is 3. The molecule has 3 aromatic carbocycles. The van der Waals surface area contributed by atoms with E-state index in [1.54, 1.807) is 38.5 Å². The summed E-state index contributed by atoms with van der Waals surface area (Å²) in [6.45, 7) is 0. The molecule has 146 valence electrons. The molecule has 0 unspecified atom stereocenters. The summed E-state index contributed by atoms with van der Waals surface area (Å²) in [5, 5.41) is 14.7. The van der Waals surface area contributed by atoms with Crippen LogP contribution in [0.2, 0.25) is 0 Å². The Morgan fingerprint density at radius 3 is 2.29 bits per heavy atom. The molecule has 0 radical (unpaired) electrons. The monoisotopic (exact) mass is 399 g/mol. The molecule has 0 bridgehead atoms. The fraction of sp³-hybridized carbons (Fsp3) is 0.190. The standard InChI is InChI=1S/C21H21NO5S/c1-25-18-10-9-15(12-20(18)27-3)17(22-23)13-28(24)21-16-7-5-4-6-14(16)8-11-19(21)26-2/h4-12,23H,13H2,1-3H3/b22-17-/t28-/m1/s1. The van der Waals surface area contributed by atoms with Gasteiger partial charge in [-0.3, -0.25) is 4.21 Å². The van der Waals surface area contributed by atoms with Gasteiger partial charge in [-0.05, 0) is 29.7 Å². The van der Waals surface area contributed by atoms with Gasteiger partial charge in [0.1, 0.15) is 5.75 Å². The minimum absolute atomic E-state index is 0.0103. The number of hydrogen-bond acceptors (Lipinski definition) is 6. The SMILES string of the molecule is COc1ccc(/C(C[S@@](=O)c2c(OC)ccc3ccccc23)=N\O)cc1OC. The van der Waals surface area contributed by atoms with Crippen LogP contribution in [0.15, 0.2) is 64.6 Å². The lowest BCUT2D eigenvalue weighted by molar-refractivity contribution is 0.319. The van der Waals surface area contributed by atoms with E-state index < -0.39 is 10.8 Å². The van der Waals surface area contributed by atoms with E-state index in [1.165, 1.54) is 7.11 Å². The summed E-state index contributed by atoms with van der Waals surface area (Å²) in [6, 6.07) is 16.5. The number of ether oxygens (including phenoxy) is 3. The van der Waals surface area contributed by atoms with Gasteiger partial charge in [0.05, 0.1) is 48.5 Å². The third-order valence-corrected chi connectivity index (χ3v) is 5.81. The first-order valence-electron chi connectivity index (χ1n) is 8.50. The van der Waals surface area contributed by atoms with Gasteiger partial charge in [-0.1, -0.05) is 35.5 Å². The fourth-order valence-corrected chi connectivity index (χ4v) is 4.42. The quantitative estimate of drug-likeness (QED) is 0.371.